The Hall–Kier alpha value is -2.49. The van der Waals surface area contributed by atoms with Gasteiger partial charge in [-0.1, -0.05) is 18.2 Å². The smallest absolute Gasteiger partial charge is 0.253 e. The summed E-state index contributed by atoms with van der Waals surface area (Å²) in [5.74, 6) is 1.59. The van der Waals surface area contributed by atoms with Crippen molar-refractivity contribution in [2.75, 3.05) is 27.8 Å². The number of carbonyl (C=O) groups is 1. The summed E-state index contributed by atoms with van der Waals surface area (Å²) >= 11 is 0. The number of benzene rings is 2. The van der Waals surface area contributed by atoms with Crippen LogP contribution >= 0.6 is 0 Å². The van der Waals surface area contributed by atoms with Crippen molar-refractivity contribution in [1.29, 1.82) is 0 Å². The molecule has 2 aromatic rings. The summed E-state index contributed by atoms with van der Waals surface area (Å²) in [6.07, 6.45) is 0.785. The maximum absolute atomic E-state index is 11.8. The lowest BCUT2D eigenvalue weighted by Crippen LogP contribution is -2.21. The van der Waals surface area contributed by atoms with Crippen molar-refractivity contribution in [3.63, 3.8) is 0 Å². The van der Waals surface area contributed by atoms with Gasteiger partial charge in [0.1, 0.15) is 11.5 Å². The van der Waals surface area contributed by atoms with Crippen LogP contribution in [0, 0.1) is 0 Å². The second-order valence-corrected chi connectivity index (χ2v) is 5.17. The molecule has 0 saturated carbocycles. The Morgan fingerprint density at radius 1 is 1.05 bits per heavy atom. The fourth-order valence-electron chi connectivity index (χ4n) is 2.05. The first-order chi connectivity index (χ1) is 10.6. The van der Waals surface area contributed by atoms with E-state index in [0.29, 0.717) is 12.2 Å². The van der Waals surface area contributed by atoms with Crippen LogP contribution in [0.5, 0.6) is 11.5 Å². The van der Waals surface area contributed by atoms with Crippen molar-refractivity contribution in [3.8, 4) is 11.5 Å². The number of nitrogens with zero attached hydrogens (tertiary/aromatic N) is 1. The van der Waals surface area contributed by atoms with Crippen LogP contribution in [0.25, 0.3) is 0 Å². The van der Waals surface area contributed by atoms with Gasteiger partial charge in [-0.2, -0.15) is 0 Å². The summed E-state index contributed by atoms with van der Waals surface area (Å²) in [4.78, 5) is 13.4. The average Bonchev–Trinajstić information content (AvgIpc) is 2.55. The van der Waals surface area contributed by atoms with E-state index >= 15 is 0 Å². The molecule has 4 nitrogen and oxygen atoms in total. The first kappa shape index (κ1) is 15.9. The zero-order valence-corrected chi connectivity index (χ0v) is 13.2. The van der Waals surface area contributed by atoms with Crippen molar-refractivity contribution < 1.29 is 14.3 Å². The molecular weight excluding hydrogens is 278 g/mol. The molecule has 2 rings (SSSR count). The second-order valence-electron chi connectivity index (χ2n) is 5.17. The fourth-order valence-corrected chi connectivity index (χ4v) is 2.05. The molecule has 116 valence electrons. The Morgan fingerprint density at radius 3 is 2.36 bits per heavy atom. The maximum atomic E-state index is 11.8. The van der Waals surface area contributed by atoms with Gasteiger partial charge in [-0.05, 0) is 29.8 Å². The molecular formula is C18H21NO3. The zero-order chi connectivity index (χ0) is 15.9. The minimum absolute atomic E-state index is 0.0131. The van der Waals surface area contributed by atoms with Crippen LogP contribution in [-0.2, 0) is 6.42 Å². The summed E-state index contributed by atoms with van der Waals surface area (Å²) in [5, 5.41) is 0. The van der Waals surface area contributed by atoms with Gasteiger partial charge in [0.05, 0.1) is 13.7 Å². The van der Waals surface area contributed by atoms with E-state index in [0.717, 1.165) is 23.5 Å². The first-order valence-corrected chi connectivity index (χ1v) is 7.17. The number of rotatable bonds is 6. The molecule has 0 aliphatic carbocycles. The van der Waals surface area contributed by atoms with E-state index in [1.165, 1.54) is 0 Å². The van der Waals surface area contributed by atoms with Gasteiger partial charge in [0.25, 0.3) is 5.91 Å². The number of amides is 1. The highest BCUT2D eigenvalue weighted by Gasteiger charge is 2.07. The molecule has 0 aliphatic heterocycles. The predicted octanol–water partition coefficient (Wildman–Crippen LogP) is 3.02. The van der Waals surface area contributed by atoms with Gasteiger partial charge in [0.15, 0.2) is 0 Å². The topological polar surface area (TPSA) is 38.8 Å². The molecule has 2 aromatic carbocycles. The summed E-state index contributed by atoms with van der Waals surface area (Å²) < 4.78 is 10.9. The Labute approximate surface area is 131 Å². The lowest BCUT2D eigenvalue weighted by atomic mass is 10.1. The number of hydrogen-bond acceptors (Lipinski definition) is 3. The van der Waals surface area contributed by atoms with Crippen molar-refractivity contribution in [2.45, 2.75) is 6.42 Å². The quantitative estimate of drug-likeness (QED) is 0.823. The van der Waals surface area contributed by atoms with Crippen LogP contribution in [0.3, 0.4) is 0 Å². The number of carbonyl (C=O) groups excluding carboxylic acids is 1. The normalized spacial score (nSPS) is 10.1. The molecule has 0 N–H and O–H groups in total. The fraction of sp³-hybridized carbons (Fsp3) is 0.278. The van der Waals surface area contributed by atoms with Crippen LogP contribution in [-0.4, -0.2) is 38.6 Å². The standard InChI is InChI=1S/C18H21NO3/c1-19(2)18(20)15-9-7-14(8-10-15)11-12-22-17-6-4-5-16(13-17)21-3/h4-10,13H,11-12H2,1-3H3. The molecule has 0 aromatic heterocycles. The highest BCUT2D eigenvalue weighted by atomic mass is 16.5. The molecule has 4 heteroatoms. The zero-order valence-electron chi connectivity index (χ0n) is 13.2. The third kappa shape index (κ3) is 4.25. The Kier molecular flexibility index (Phi) is 5.42. The van der Waals surface area contributed by atoms with E-state index in [4.69, 9.17) is 9.47 Å². The molecule has 0 aliphatic rings. The van der Waals surface area contributed by atoms with Gasteiger partial charge in [-0.3, -0.25) is 4.79 Å². The predicted molar refractivity (Wildman–Crippen MR) is 86.7 cm³/mol. The molecule has 0 bridgehead atoms. The van der Waals surface area contributed by atoms with Crippen LogP contribution in [0.15, 0.2) is 48.5 Å². The molecule has 22 heavy (non-hydrogen) atoms. The molecule has 0 fully saturated rings. The van der Waals surface area contributed by atoms with E-state index in [1.54, 1.807) is 26.1 Å². The Balaban J connectivity index is 1.88. The van der Waals surface area contributed by atoms with E-state index in [1.807, 2.05) is 48.5 Å². The lowest BCUT2D eigenvalue weighted by molar-refractivity contribution is 0.0827. The number of hydrogen-bond donors (Lipinski definition) is 0. The highest BCUT2D eigenvalue weighted by molar-refractivity contribution is 5.93. The Morgan fingerprint density at radius 2 is 1.73 bits per heavy atom. The van der Waals surface area contributed by atoms with Gasteiger partial charge in [-0.15, -0.1) is 0 Å². The van der Waals surface area contributed by atoms with Gasteiger partial charge in [0.2, 0.25) is 0 Å². The molecule has 0 unspecified atom stereocenters. The molecule has 0 atom stereocenters. The van der Waals surface area contributed by atoms with Gasteiger partial charge >= 0.3 is 0 Å². The second kappa shape index (κ2) is 7.50. The van der Waals surface area contributed by atoms with Crippen molar-refractivity contribution >= 4 is 5.91 Å². The van der Waals surface area contributed by atoms with Gasteiger partial charge < -0.3 is 14.4 Å². The van der Waals surface area contributed by atoms with Crippen LogP contribution in [0.1, 0.15) is 15.9 Å². The van der Waals surface area contributed by atoms with Crippen LogP contribution in [0.4, 0.5) is 0 Å². The summed E-state index contributed by atoms with van der Waals surface area (Å²) in [5.41, 5.74) is 1.83. The number of ether oxygens (including phenoxy) is 2. The lowest BCUT2D eigenvalue weighted by Gasteiger charge is -2.11. The average molecular weight is 299 g/mol. The summed E-state index contributed by atoms with van der Waals surface area (Å²) in [6, 6.07) is 15.2. The monoisotopic (exact) mass is 299 g/mol. The minimum atomic E-state index is 0.0131. The highest BCUT2D eigenvalue weighted by Crippen LogP contribution is 2.19. The molecule has 0 saturated heterocycles. The maximum Gasteiger partial charge on any atom is 0.253 e. The van der Waals surface area contributed by atoms with Crippen molar-refractivity contribution in [1.82, 2.24) is 4.90 Å². The first-order valence-electron chi connectivity index (χ1n) is 7.17. The van der Waals surface area contributed by atoms with Crippen molar-refractivity contribution in [2.24, 2.45) is 0 Å². The molecule has 0 radical (unpaired) electrons. The Bertz CT molecular complexity index is 620. The van der Waals surface area contributed by atoms with Gasteiger partial charge in [0, 0.05) is 32.1 Å². The van der Waals surface area contributed by atoms with E-state index in [9.17, 15) is 4.79 Å². The van der Waals surface area contributed by atoms with E-state index in [-0.39, 0.29) is 5.91 Å². The van der Waals surface area contributed by atoms with E-state index in [2.05, 4.69) is 0 Å². The summed E-state index contributed by atoms with van der Waals surface area (Å²) in [7, 11) is 5.13. The van der Waals surface area contributed by atoms with Crippen LogP contribution in [0.2, 0.25) is 0 Å². The van der Waals surface area contributed by atoms with Gasteiger partial charge in [-0.25, -0.2) is 0 Å². The third-order valence-corrected chi connectivity index (χ3v) is 3.31. The van der Waals surface area contributed by atoms with Crippen LogP contribution < -0.4 is 9.47 Å². The SMILES string of the molecule is COc1cccc(OCCc2ccc(C(=O)N(C)C)cc2)c1. The van der Waals surface area contributed by atoms with E-state index < -0.39 is 0 Å². The molecule has 1 amide bonds. The minimum Gasteiger partial charge on any atom is -0.497 e. The number of methoxy groups -OCH3 is 1. The summed E-state index contributed by atoms with van der Waals surface area (Å²) in [6.45, 7) is 0.578. The molecule has 0 spiro atoms. The largest absolute Gasteiger partial charge is 0.497 e. The third-order valence-electron chi connectivity index (χ3n) is 3.31. The molecule has 0 heterocycles. The van der Waals surface area contributed by atoms with Crippen molar-refractivity contribution in [3.05, 3.63) is 59.7 Å².